The standard InChI is InChI=1S/C16H22FNO/c1-2-8-18-16(14-6-4-9-19-12-14)11-13-5-3-7-15(17)10-13/h3,5,7,10,12,16,18H,2,4,6,8-9,11H2,1H3. The lowest BCUT2D eigenvalue weighted by molar-refractivity contribution is 0.219. The molecule has 0 aromatic heterocycles. The molecule has 2 rings (SSSR count). The first-order valence-electron chi connectivity index (χ1n) is 7.08. The van der Waals surface area contributed by atoms with Crippen LogP contribution in [-0.4, -0.2) is 19.2 Å². The molecule has 0 fully saturated rings. The molecule has 1 unspecified atom stereocenters. The minimum Gasteiger partial charge on any atom is -0.501 e. The molecule has 0 saturated heterocycles. The van der Waals surface area contributed by atoms with E-state index in [0.717, 1.165) is 44.4 Å². The third kappa shape index (κ3) is 4.35. The fraction of sp³-hybridized carbons (Fsp3) is 0.500. The molecule has 1 aliphatic rings. The second kappa shape index (κ2) is 7.29. The minimum absolute atomic E-state index is 0.166. The van der Waals surface area contributed by atoms with Gasteiger partial charge in [0.25, 0.3) is 0 Å². The summed E-state index contributed by atoms with van der Waals surface area (Å²) >= 11 is 0. The molecule has 2 nitrogen and oxygen atoms in total. The lowest BCUT2D eigenvalue weighted by Gasteiger charge is -2.24. The summed E-state index contributed by atoms with van der Waals surface area (Å²) in [5.41, 5.74) is 2.32. The molecule has 1 heterocycles. The zero-order valence-corrected chi connectivity index (χ0v) is 11.5. The van der Waals surface area contributed by atoms with Crippen LogP contribution in [0.1, 0.15) is 31.7 Å². The fourth-order valence-corrected chi connectivity index (χ4v) is 2.39. The topological polar surface area (TPSA) is 21.3 Å². The molecule has 0 spiro atoms. The van der Waals surface area contributed by atoms with Crippen molar-refractivity contribution in [1.82, 2.24) is 5.32 Å². The first-order chi connectivity index (χ1) is 9.29. The Morgan fingerprint density at radius 1 is 1.42 bits per heavy atom. The molecular formula is C16H22FNO. The van der Waals surface area contributed by atoms with E-state index in [4.69, 9.17) is 4.74 Å². The molecule has 1 aromatic rings. The highest BCUT2D eigenvalue weighted by Gasteiger charge is 2.17. The highest BCUT2D eigenvalue weighted by atomic mass is 19.1. The smallest absolute Gasteiger partial charge is 0.123 e. The number of rotatable bonds is 6. The minimum atomic E-state index is -0.166. The van der Waals surface area contributed by atoms with E-state index in [1.807, 2.05) is 12.3 Å². The van der Waals surface area contributed by atoms with Crippen molar-refractivity contribution in [2.24, 2.45) is 0 Å². The van der Waals surface area contributed by atoms with Crippen molar-refractivity contribution in [3.63, 3.8) is 0 Å². The Morgan fingerprint density at radius 2 is 2.32 bits per heavy atom. The van der Waals surface area contributed by atoms with Gasteiger partial charge in [-0.05, 0) is 55.5 Å². The molecular weight excluding hydrogens is 241 g/mol. The summed E-state index contributed by atoms with van der Waals surface area (Å²) in [6.45, 7) is 3.93. The molecule has 0 amide bonds. The number of hydrogen-bond donors (Lipinski definition) is 1. The number of benzene rings is 1. The van der Waals surface area contributed by atoms with Gasteiger partial charge in [0.15, 0.2) is 0 Å². The van der Waals surface area contributed by atoms with Crippen LogP contribution < -0.4 is 5.32 Å². The second-order valence-corrected chi connectivity index (χ2v) is 5.01. The summed E-state index contributed by atoms with van der Waals surface area (Å²) in [5, 5.41) is 3.54. The monoisotopic (exact) mass is 263 g/mol. The highest BCUT2D eigenvalue weighted by Crippen LogP contribution is 2.19. The molecule has 104 valence electrons. The maximum atomic E-state index is 13.3. The summed E-state index contributed by atoms with van der Waals surface area (Å²) in [7, 11) is 0. The van der Waals surface area contributed by atoms with Gasteiger partial charge in [-0.1, -0.05) is 19.1 Å². The number of halogens is 1. The normalized spacial score (nSPS) is 16.6. The molecule has 0 radical (unpaired) electrons. The first kappa shape index (κ1) is 14.1. The Hall–Kier alpha value is -1.35. The first-order valence-corrected chi connectivity index (χ1v) is 7.08. The Kier molecular flexibility index (Phi) is 5.40. The maximum Gasteiger partial charge on any atom is 0.123 e. The zero-order valence-electron chi connectivity index (χ0n) is 11.5. The summed E-state index contributed by atoms with van der Waals surface area (Å²) in [6.07, 6.45) is 5.92. The van der Waals surface area contributed by atoms with Crippen LogP contribution in [0, 0.1) is 5.82 Å². The summed E-state index contributed by atoms with van der Waals surface area (Å²) in [6, 6.07) is 7.11. The molecule has 0 saturated carbocycles. The van der Waals surface area contributed by atoms with Gasteiger partial charge in [0.1, 0.15) is 5.82 Å². The van der Waals surface area contributed by atoms with Crippen molar-refractivity contribution in [3.05, 3.63) is 47.5 Å². The lowest BCUT2D eigenvalue weighted by atomic mass is 9.95. The Bertz CT molecular complexity index is 431. The van der Waals surface area contributed by atoms with E-state index >= 15 is 0 Å². The van der Waals surface area contributed by atoms with Crippen LogP contribution in [0.3, 0.4) is 0 Å². The van der Waals surface area contributed by atoms with Crippen LogP contribution in [0.15, 0.2) is 36.1 Å². The molecule has 1 atom stereocenters. The van der Waals surface area contributed by atoms with E-state index in [1.165, 1.54) is 11.6 Å². The molecule has 1 aliphatic heterocycles. The van der Waals surface area contributed by atoms with Gasteiger partial charge in [0.2, 0.25) is 0 Å². The van der Waals surface area contributed by atoms with Crippen LogP contribution in [0.5, 0.6) is 0 Å². The molecule has 1 aromatic carbocycles. The SMILES string of the molecule is CCCNC(Cc1cccc(F)c1)C1=COCCC1. The molecule has 19 heavy (non-hydrogen) atoms. The lowest BCUT2D eigenvalue weighted by Crippen LogP contribution is -2.34. The van der Waals surface area contributed by atoms with Crippen molar-refractivity contribution in [1.29, 1.82) is 0 Å². The van der Waals surface area contributed by atoms with Crippen molar-refractivity contribution in [2.45, 2.75) is 38.6 Å². The number of ether oxygens (including phenoxy) is 1. The largest absolute Gasteiger partial charge is 0.501 e. The Morgan fingerprint density at radius 3 is 3.00 bits per heavy atom. The van der Waals surface area contributed by atoms with E-state index in [2.05, 4.69) is 12.2 Å². The Balaban J connectivity index is 2.06. The van der Waals surface area contributed by atoms with Gasteiger partial charge >= 0.3 is 0 Å². The van der Waals surface area contributed by atoms with Crippen LogP contribution in [0.2, 0.25) is 0 Å². The van der Waals surface area contributed by atoms with Crippen molar-refractivity contribution in [2.75, 3.05) is 13.2 Å². The van der Waals surface area contributed by atoms with Crippen LogP contribution >= 0.6 is 0 Å². The van der Waals surface area contributed by atoms with Gasteiger partial charge in [-0.3, -0.25) is 0 Å². The number of nitrogens with one attached hydrogen (secondary N) is 1. The van der Waals surface area contributed by atoms with E-state index in [0.29, 0.717) is 0 Å². The van der Waals surface area contributed by atoms with E-state index < -0.39 is 0 Å². The van der Waals surface area contributed by atoms with Crippen molar-refractivity contribution in [3.8, 4) is 0 Å². The molecule has 0 aliphatic carbocycles. The van der Waals surface area contributed by atoms with Gasteiger partial charge in [-0.2, -0.15) is 0 Å². The molecule has 3 heteroatoms. The van der Waals surface area contributed by atoms with Crippen molar-refractivity contribution < 1.29 is 9.13 Å². The predicted octanol–water partition coefficient (Wildman–Crippen LogP) is 3.43. The van der Waals surface area contributed by atoms with E-state index in [1.54, 1.807) is 12.1 Å². The van der Waals surface area contributed by atoms with Gasteiger partial charge in [0, 0.05) is 6.04 Å². The summed E-state index contributed by atoms with van der Waals surface area (Å²) < 4.78 is 18.7. The summed E-state index contributed by atoms with van der Waals surface area (Å²) in [5.74, 6) is -0.166. The third-order valence-corrected chi connectivity index (χ3v) is 3.38. The van der Waals surface area contributed by atoms with Crippen molar-refractivity contribution >= 4 is 0 Å². The quantitative estimate of drug-likeness (QED) is 0.849. The van der Waals surface area contributed by atoms with E-state index in [-0.39, 0.29) is 11.9 Å². The van der Waals surface area contributed by atoms with Crippen LogP contribution in [-0.2, 0) is 11.2 Å². The number of hydrogen-bond acceptors (Lipinski definition) is 2. The average molecular weight is 263 g/mol. The van der Waals surface area contributed by atoms with Crippen LogP contribution in [0.25, 0.3) is 0 Å². The predicted molar refractivity (Wildman–Crippen MR) is 75.5 cm³/mol. The molecule has 0 bridgehead atoms. The summed E-state index contributed by atoms with van der Waals surface area (Å²) in [4.78, 5) is 0. The van der Waals surface area contributed by atoms with Gasteiger partial charge < -0.3 is 10.1 Å². The highest BCUT2D eigenvalue weighted by molar-refractivity contribution is 5.21. The zero-order chi connectivity index (χ0) is 13.5. The Labute approximate surface area is 114 Å². The van der Waals surface area contributed by atoms with Gasteiger partial charge in [-0.25, -0.2) is 4.39 Å². The fourth-order valence-electron chi connectivity index (χ4n) is 2.39. The average Bonchev–Trinajstić information content (AvgIpc) is 2.44. The van der Waals surface area contributed by atoms with Crippen LogP contribution in [0.4, 0.5) is 4.39 Å². The van der Waals surface area contributed by atoms with E-state index in [9.17, 15) is 4.39 Å². The second-order valence-electron chi connectivity index (χ2n) is 5.01. The third-order valence-electron chi connectivity index (χ3n) is 3.38. The molecule has 1 N–H and O–H groups in total. The van der Waals surface area contributed by atoms with Gasteiger partial charge in [-0.15, -0.1) is 0 Å². The van der Waals surface area contributed by atoms with Gasteiger partial charge in [0.05, 0.1) is 12.9 Å². The maximum absolute atomic E-state index is 13.3.